The van der Waals surface area contributed by atoms with E-state index < -0.39 is 0 Å². The Kier molecular flexibility index (Phi) is 6.04. The van der Waals surface area contributed by atoms with Crippen molar-refractivity contribution in [3.63, 3.8) is 0 Å². The summed E-state index contributed by atoms with van der Waals surface area (Å²) >= 11 is 1.45. The molecule has 0 spiro atoms. The molecule has 0 bridgehead atoms. The highest BCUT2D eigenvalue weighted by Crippen LogP contribution is 2.22. The zero-order valence-corrected chi connectivity index (χ0v) is 15.0. The van der Waals surface area contributed by atoms with Gasteiger partial charge in [0.2, 0.25) is 11.8 Å². The van der Waals surface area contributed by atoms with Gasteiger partial charge in [0.15, 0.2) is 10.9 Å². The minimum atomic E-state index is -0.267. The summed E-state index contributed by atoms with van der Waals surface area (Å²) in [6.07, 6.45) is 0.833. The molecule has 0 aliphatic rings. The molecule has 2 rings (SSSR count). The van der Waals surface area contributed by atoms with E-state index in [1.54, 1.807) is 24.9 Å². The van der Waals surface area contributed by atoms with Crippen molar-refractivity contribution in [3.05, 3.63) is 22.4 Å². The van der Waals surface area contributed by atoms with E-state index in [9.17, 15) is 9.59 Å². The predicted octanol–water partition coefficient (Wildman–Crippen LogP) is 1.82. The fourth-order valence-corrected chi connectivity index (χ4v) is 3.04. The summed E-state index contributed by atoms with van der Waals surface area (Å²) in [4.78, 5) is 31.0. The van der Waals surface area contributed by atoms with Crippen LogP contribution < -0.4 is 10.6 Å². The van der Waals surface area contributed by atoms with E-state index in [2.05, 4.69) is 20.8 Å². The van der Waals surface area contributed by atoms with Crippen LogP contribution in [0.5, 0.6) is 0 Å². The Labute approximate surface area is 144 Å². The normalized spacial score (nSPS) is 10.9. The molecule has 2 N–H and O–H groups in total. The summed E-state index contributed by atoms with van der Waals surface area (Å²) in [7, 11) is 1.69. The number of amides is 2. The number of aryl methyl sites for hydroxylation is 3. The van der Waals surface area contributed by atoms with Crippen molar-refractivity contribution in [1.29, 1.82) is 0 Å². The van der Waals surface area contributed by atoms with E-state index in [0.29, 0.717) is 16.7 Å². The molecule has 0 aliphatic heterocycles. The number of carbonyl (C=O) groups is 2. The lowest BCUT2D eigenvalue weighted by Gasteiger charge is -2.14. The summed E-state index contributed by atoms with van der Waals surface area (Å²) in [5.74, 6) is 0.500. The van der Waals surface area contributed by atoms with E-state index in [1.165, 1.54) is 11.3 Å². The van der Waals surface area contributed by atoms with Crippen molar-refractivity contribution >= 4 is 34.1 Å². The van der Waals surface area contributed by atoms with Crippen LogP contribution in [-0.4, -0.2) is 47.0 Å². The van der Waals surface area contributed by atoms with Gasteiger partial charge in [-0.1, -0.05) is 12.1 Å². The van der Waals surface area contributed by atoms with E-state index in [4.69, 9.17) is 4.52 Å². The van der Waals surface area contributed by atoms with Crippen LogP contribution in [0.15, 0.2) is 10.6 Å². The monoisotopic (exact) mass is 351 g/mol. The van der Waals surface area contributed by atoms with E-state index >= 15 is 0 Å². The first kappa shape index (κ1) is 18.1. The van der Waals surface area contributed by atoms with Crippen molar-refractivity contribution in [2.45, 2.75) is 27.2 Å². The largest absolute Gasteiger partial charge is 0.360 e. The van der Waals surface area contributed by atoms with Crippen LogP contribution in [0, 0.1) is 13.8 Å². The fraction of sp³-hybridized carbons (Fsp3) is 0.467. The van der Waals surface area contributed by atoms with Gasteiger partial charge in [-0.3, -0.25) is 14.5 Å². The Hall–Kier alpha value is -2.26. The first-order valence-corrected chi connectivity index (χ1v) is 8.37. The summed E-state index contributed by atoms with van der Waals surface area (Å²) in [6.45, 7) is 5.90. The number of aromatic nitrogens is 2. The van der Waals surface area contributed by atoms with Crippen LogP contribution in [0.25, 0.3) is 0 Å². The van der Waals surface area contributed by atoms with Gasteiger partial charge in [0.1, 0.15) is 5.76 Å². The van der Waals surface area contributed by atoms with Crippen LogP contribution in [0.3, 0.4) is 0 Å². The Balaban J connectivity index is 1.79. The highest BCUT2D eigenvalue weighted by atomic mass is 32.1. The van der Waals surface area contributed by atoms with E-state index in [1.807, 2.05) is 13.8 Å². The molecule has 8 nitrogen and oxygen atoms in total. The predicted molar refractivity (Wildman–Crippen MR) is 92.2 cm³/mol. The fourth-order valence-electron chi connectivity index (χ4n) is 2.12. The van der Waals surface area contributed by atoms with Gasteiger partial charge in [0.25, 0.3) is 0 Å². The third-order valence-corrected chi connectivity index (χ3v) is 4.12. The number of nitrogens with one attached hydrogen (secondary N) is 2. The van der Waals surface area contributed by atoms with Gasteiger partial charge >= 0.3 is 0 Å². The second kappa shape index (κ2) is 8.02. The molecule has 0 radical (unpaired) electrons. The first-order chi connectivity index (χ1) is 11.4. The number of rotatable bonds is 7. The standard InChI is InChI=1S/C15H21N5O3S/c1-5-11-10(3)24-15(16-11)18-14(22)8-20(4)7-13(21)17-12-6-9(2)23-19-12/h6H,5,7-8H2,1-4H3,(H,16,18,22)(H,17,19,21). The molecule has 2 aromatic heterocycles. The van der Waals surface area contributed by atoms with Gasteiger partial charge in [-0.15, -0.1) is 11.3 Å². The molecule has 24 heavy (non-hydrogen) atoms. The highest BCUT2D eigenvalue weighted by molar-refractivity contribution is 7.15. The van der Waals surface area contributed by atoms with Gasteiger partial charge in [0, 0.05) is 10.9 Å². The molecule has 0 atom stereocenters. The zero-order chi connectivity index (χ0) is 17.7. The molecule has 130 valence electrons. The Bertz CT molecular complexity index is 725. The first-order valence-electron chi connectivity index (χ1n) is 7.55. The second-order valence-electron chi connectivity index (χ2n) is 5.47. The summed E-state index contributed by atoms with van der Waals surface area (Å²) in [5, 5.41) is 9.64. The average Bonchev–Trinajstić information content (AvgIpc) is 3.03. The lowest BCUT2D eigenvalue weighted by Crippen LogP contribution is -2.36. The van der Waals surface area contributed by atoms with Crippen molar-refractivity contribution in [2.75, 3.05) is 30.8 Å². The van der Waals surface area contributed by atoms with Crippen LogP contribution in [-0.2, 0) is 16.0 Å². The molecular formula is C15H21N5O3S. The number of anilines is 2. The third kappa shape index (κ3) is 5.14. The van der Waals surface area contributed by atoms with Crippen molar-refractivity contribution in [3.8, 4) is 0 Å². The Morgan fingerprint density at radius 3 is 2.46 bits per heavy atom. The van der Waals surface area contributed by atoms with Crippen molar-refractivity contribution in [2.24, 2.45) is 0 Å². The number of likely N-dealkylation sites (N-methyl/N-ethyl adjacent to an activating group) is 1. The smallest absolute Gasteiger partial charge is 0.240 e. The maximum atomic E-state index is 12.0. The molecule has 2 aromatic rings. The van der Waals surface area contributed by atoms with Crippen LogP contribution in [0.2, 0.25) is 0 Å². The van der Waals surface area contributed by atoms with E-state index in [-0.39, 0.29) is 24.9 Å². The Morgan fingerprint density at radius 1 is 1.25 bits per heavy atom. The maximum Gasteiger partial charge on any atom is 0.240 e. The van der Waals surface area contributed by atoms with Gasteiger partial charge in [-0.2, -0.15) is 0 Å². The van der Waals surface area contributed by atoms with Crippen LogP contribution in [0.1, 0.15) is 23.3 Å². The SMILES string of the molecule is CCc1nc(NC(=O)CN(C)CC(=O)Nc2cc(C)on2)sc1C. The third-order valence-electron chi connectivity index (χ3n) is 3.20. The maximum absolute atomic E-state index is 12.0. The molecule has 0 aromatic carbocycles. The number of thiazole rings is 1. The second-order valence-corrected chi connectivity index (χ2v) is 6.67. The van der Waals surface area contributed by atoms with Crippen LogP contribution >= 0.6 is 11.3 Å². The molecular weight excluding hydrogens is 330 g/mol. The molecule has 9 heteroatoms. The molecule has 0 saturated heterocycles. The number of carbonyl (C=O) groups excluding carboxylic acids is 2. The molecule has 0 saturated carbocycles. The molecule has 2 heterocycles. The van der Waals surface area contributed by atoms with Gasteiger partial charge in [-0.25, -0.2) is 4.98 Å². The quantitative estimate of drug-likeness (QED) is 0.789. The van der Waals surface area contributed by atoms with Crippen molar-refractivity contribution < 1.29 is 14.1 Å². The number of hydrogen-bond acceptors (Lipinski definition) is 7. The minimum Gasteiger partial charge on any atom is -0.360 e. The molecule has 0 unspecified atom stereocenters. The Morgan fingerprint density at radius 2 is 1.92 bits per heavy atom. The van der Waals surface area contributed by atoms with Gasteiger partial charge in [0.05, 0.1) is 18.8 Å². The lowest BCUT2D eigenvalue weighted by atomic mass is 10.3. The van der Waals surface area contributed by atoms with Crippen molar-refractivity contribution in [1.82, 2.24) is 15.0 Å². The van der Waals surface area contributed by atoms with Gasteiger partial charge in [-0.05, 0) is 27.3 Å². The molecule has 2 amide bonds. The summed E-state index contributed by atoms with van der Waals surface area (Å²) in [5.41, 5.74) is 0.992. The summed E-state index contributed by atoms with van der Waals surface area (Å²) < 4.78 is 4.87. The average molecular weight is 351 g/mol. The summed E-state index contributed by atoms with van der Waals surface area (Å²) in [6, 6.07) is 1.63. The van der Waals surface area contributed by atoms with E-state index in [0.717, 1.165) is 17.0 Å². The minimum absolute atomic E-state index is 0.0659. The molecule has 0 aliphatic carbocycles. The number of hydrogen-bond donors (Lipinski definition) is 2. The van der Waals surface area contributed by atoms with Gasteiger partial charge < -0.3 is 15.2 Å². The molecule has 0 fully saturated rings. The number of nitrogens with zero attached hydrogens (tertiary/aromatic N) is 3. The lowest BCUT2D eigenvalue weighted by molar-refractivity contribution is -0.119. The topological polar surface area (TPSA) is 100 Å². The highest BCUT2D eigenvalue weighted by Gasteiger charge is 2.14. The van der Waals surface area contributed by atoms with Crippen LogP contribution in [0.4, 0.5) is 10.9 Å². The zero-order valence-electron chi connectivity index (χ0n) is 14.2.